The molecule has 0 unspecified atom stereocenters. The van der Waals surface area contributed by atoms with Crippen molar-refractivity contribution in [2.75, 3.05) is 23.3 Å². The Bertz CT molecular complexity index is 963. The molecule has 2 heterocycles. The summed E-state index contributed by atoms with van der Waals surface area (Å²) in [5.41, 5.74) is 3.06. The summed E-state index contributed by atoms with van der Waals surface area (Å²) >= 11 is 5.87. The molecule has 0 saturated carbocycles. The van der Waals surface area contributed by atoms with Crippen LogP contribution in [0.5, 0.6) is 0 Å². The molecule has 0 spiro atoms. The Morgan fingerprint density at radius 2 is 1.66 bits per heavy atom. The molecule has 1 aromatic heterocycles. The van der Waals surface area contributed by atoms with Crippen molar-refractivity contribution in [2.24, 2.45) is 5.92 Å². The highest BCUT2D eigenvalue weighted by Crippen LogP contribution is 2.24. The first-order chi connectivity index (χ1) is 14.1. The van der Waals surface area contributed by atoms with Crippen molar-refractivity contribution in [3.8, 4) is 11.3 Å². The molecule has 4 rings (SSSR count). The fourth-order valence-electron chi connectivity index (χ4n) is 3.41. The Hall–Kier alpha value is -2.92. The molecular formula is C23H23ClN4O. The van der Waals surface area contributed by atoms with Crippen molar-refractivity contribution in [3.05, 3.63) is 71.2 Å². The van der Waals surface area contributed by atoms with Gasteiger partial charge in [-0.1, -0.05) is 30.7 Å². The van der Waals surface area contributed by atoms with Gasteiger partial charge in [-0.05, 0) is 67.3 Å². The molecule has 5 nitrogen and oxygen atoms in total. The molecule has 148 valence electrons. The van der Waals surface area contributed by atoms with Gasteiger partial charge in [0.2, 0.25) is 0 Å². The van der Waals surface area contributed by atoms with E-state index in [1.54, 1.807) is 24.3 Å². The van der Waals surface area contributed by atoms with Crippen LogP contribution in [-0.2, 0) is 0 Å². The summed E-state index contributed by atoms with van der Waals surface area (Å²) in [5, 5.41) is 12.3. The van der Waals surface area contributed by atoms with Crippen LogP contribution in [0.4, 0.5) is 11.5 Å². The molecular weight excluding hydrogens is 384 g/mol. The zero-order valence-electron chi connectivity index (χ0n) is 16.3. The van der Waals surface area contributed by atoms with Gasteiger partial charge in [-0.2, -0.15) is 0 Å². The average molecular weight is 407 g/mol. The standard InChI is InChI=1S/C23H23ClN4O/c1-16-12-14-28(15-13-16)22-11-10-21(26-27-22)17-4-8-20(9-5-17)25-23(29)18-2-6-19(24)7-3-18/h2-11,16H,12-15H2,1H3,(H,25,29). The van der Waals surface area contributed by atoms with E-state index in [0.717, 1.165) is 41.8 Å². The number of nitrogens with zero attached hydrogens (tertiary/aromatic N) is 3. The maximum absolute atomic E-state index is 12.3. The summed E-state index contributed by atoms with van der Waals surface area (Å²) in [6.45, 7) is 4.38. The molecule has 1 amide bonds. The third-order valence-corrected chi connectivity index (χ3v) is 5.56. The van der Waals surface area contributed by atoms with Crippen LogP contribution in [0.2, 0.25) is 5.02 Å². The van der Waals surface area contributed by atoms with Crippen molar-refractivity contribution in [1.82, 2.24) is 10.2 Å². The third-order valence-electron chi connectivity index (χ3n) is 5.30. The van der Waals surface area contributed by atoms with Gasteiger partial charge in [0.05, 0.1) is 5.69 Å². The highest BCUT2D eigenvalue weighted by Gasteiger charge is 2.17. The van der Waals surface area contributed by atoms with E-state index in [0.29, 0.717) is 10.6 Å². The summed E-state index contributed by atoms with van der Waals surface area (Å²) in [4.78, 5) is 14.6. The number of rotatable bonds is 4. The van der Waals surface area contributed by atoms with Crippen molar-refractivity contribution in [2.45, 2.75) is 19.8 Å². The van der Waals surface area contributed by atoms with Crippen molar-refractivity contribution < 1.29 is 4.79 Å². The number of hydrogen-bond acceptors (Lipinski definition) is 4. The van der Waals surface area contributed by atoms with Crippen LogP contribution in [0.15, 0.2) is 60.7 Å². The summed E-state index contributed by atoms with van der Waals surface area (Å²) in [5.74, 6) is 1.55. The first-order valence-electron chi connectivity index (χ1n) is 9.84. The molecule has 0 aliphatic carbocycles. The van der Waals surface area contributed by atoms with E-state index in [-0.39, 0.29) is 5.91 Å². The highest BCUT2D eigenvalue weighted by atomic mass is 35.5. The number of carbonyl (C=O) groups is 1. The zero-order chi connectivity index (χ0) is 20.2. The number of benzene rings is 2. The predicted octanol–water partition coefficient (Wildman–Crippen LogP) is 5.29. The fourth-order valence-corrected chi connectivity index (χ4v) is 3.54. The first kappa shape index (κ1) is 19.4. The van der Waals surface area contributed by atoms with Crippen LogP contribution in [-0.4, -0.2) is 29.2 Å². The minimum atomic E-state index is -0.172. The lowest BCUT2D eigenvalue weighted by Crippen LogP contribution is -2.33. The summed E-state index contributed by atoms with van der Waals surface area (Å²) < 4.78 is 0. The SMILES string of the molecule is CC1CCN(c2ccc(-c3ccc(NC(=O)c4ccc(Cl)cc4)cc3)nn2)CC1. The lowest BCUT2D eigenvalue weighted by Gasteiger charge is -2.30. The molecule has 1 N–H and O–H groups in total. The number of carbonyl (C=O) groups excluding carboxylic acids is 1. The molecule has 1 aliphatic rings. The Kier molecular flexibility index (Phi) is 5.76. The topological polar surface area (TPSA) is 58.1 Å². The number of piperidine rings is 1. The minimum absolute atomic E-state index is 0.172. The van der Waals surface area contributed by atoms with Gasteiger partial charge in [0.25, 0.3) is 5.91 Å². The van der Waals surface area contributed by atoms with E-state index in [1.165, 1.54) is 12.8 Å². The van der Waals surface area contributed by atoms with Crippen LogP contribution >= 0.6 is 11.6 Å². The fraction of sp³-hybridized carbons (Fsp3) is 0.261. The van der Waals surface area contributed by atoms with Gasteiger partial charge in [-0.25, -0.2) is 0 Å². The maximum atomic E-state index is 12.3. The molecule has 1 aliphatic heterocycles. The molecule has 0 radical (unpaired) electrons. The third kappa shape index (κ3) is 4.74. The number of hydrogen-bond donors (Lipinski definition) is 1. The van der Waals surface area contributed by atoms with E-state index in [4.69, 9.17) is 11.6 Å². The van der Waals surface area contributed by atoms with Crippen molar-refractivity contribution >= 4 is 29.0 Å². The monoisotopic (exact) mass is 406 g/mol. The molecule has 1 fully saturated rings. The van der Waals surface area contributed by atoms with Gasteiger partial charge in [0, 0.05) is 34.9 Å². The normalized spacial score (nSPS) is 14.6. The second-order valence-corrected chi connectivity index (χ2v) is 7.92. The smallest absolute Gasteiger partial charge is 0.255 e. The van der Waals surface area contributed by atoms with Crippen LogP contribution in [0.3, 0.4) is 0 Å². The Morgan fingerprint density at radius 3 is 2.28 bits per heavy atom. The number of nitrogens with one attached hydrogen (secondary N) is 1. The van der Waals surface area contributed by atoms with E-state index in [9.17, 15) is 4.79 Å². The number of halogens is 1. The largest absolute Gasteiger partial charge is 0.355 e. The van der Waals surface area contributed by atoms with Gasteiger partial charge in [-0.3, -0.25) is 4.79 Å². The van der Waals surface area contributed by atoms with E-state index < -0.39 is 0 Å². The molecule has 1 saturated heterocycles. The number of anilines is 2. The van der Waals surface area contributed by atoms with Crippen LogP contribution < -0.4 is 10.2 Å². The van der Waals surface area contributed by atoms with Crippen LogP contribution in [0.1, 0.15) is 30.1 Å². The van der Waals surface area contributed by atoms with Gasteiger partial charge >= 0.3 is 0 Å². The van der Waals surface area contributed by atoms with Crippen molar-refractivity contribution in [3.63, 3.8) is 0 Å². The number of aromatic nitrogens is 2. The summed E-state index contributed by atoms with van der Waals surface area (Å²) in [7, 11) is 0. The number of amides is 1. The van der Waals surface area contributed by atoms with E-state index in [2.05, 4.69) is 27.3 Å². The summed E-state index contributed by atoms with van der Waals surface area (Å²) in [6, 6.07) is 18.4. The first-order valence-corrected chi connectivity index (χ1v) is 10.2. The minimum Gasteiger partial charge on any atom is -0.355 e. The van der Waals surface area contributed by atoms with E-state index >= 15 is 0 Å². The Balaban J connectivity index is 1.41. The molecule has 0 atom stereocenters. The molecule has 3 aromatic rings. The van der Waals surface area contributed by atoms with Gasteiger partial charge in [-0.15, -0.1) is 10.2 Å². The second kappa shape index (κ2) is 8.62. The maximum Gasteiger partial charge on any atom is 0.255 e. The lowest BCUT2D eigenvalue weighted by molar-refractivity contribution is 0.102. The van der Waals surface area contributed by atoms with Crippen LogP contribution in [0, 0.1) is 5.92 Å². The highest BCUT2D eigenvalue weighted by molar-refractivity contribution is 6.30. The molecule has 6 heteroatoms. The molecule has 0 bridgehead atoms. The van der Waals surface area contributed by atoms with Crippen LogP contribution in [0.25, 0.3) is 11.3 Å². The quantitative estimate of drug-likeness (QED) is 0.639. The van der Waals surface area contributed by atoms with E-state index in [1.807, 2.05) is 36.4 Å². The second-order valence-electron chi connectivity index (χ2n) is 7.48. The molecule has 29 heavy (non-hydrogen) atoms. The van der Waals surface area contributed by atoms with Gasteiger partial charge < -0.3 is 10.2 Å². The zero-order valence-corrected chi connectivity index (χ0v) is 17.1. The Morgan fingerprint density at radius 1 is 0.966 bits per heavy atom. The summed E-state index contributed by atoms with van der Waals surface area (Å²) in [6.07, 6.45) is 2.40. The van der Waals surface area contributed by atoms with Gasteiger partial charge in [0.1, 0.15) is 0 Å². The lowest BCUT2D eigenvalue weighted by atomic mass is 9.99. The Labute approximate surface area is 175 Å². The van der Waals surface area contributed by atoms with Gasteiger partial charge in [0.15, 0.2) is 5.82 Å². The van der Waals surface area contributed by atoms with Crippen molar-refractivity contribution in [1.29, 1.82) is 0 Å². The predicted molar refractivity (Wildman–Crippen MR) is 117 cm³/mol. The molecule has 2 aromatic carbocycles. The average Bonchev–Trinajstić information content (AvgIpc) is 2.75.